The van der Waals surface area contributed by atoms with E-state index in [2.05, 4.69) is 37.7 Å². The fourth-order valence-electron chi connectivity index (χ4n) is 1.47. The predicted octanol–water partition coefficient (Wildman–Crippen LogP) is 4.55. The fraction of sp³-hybridized carbons (Fsp3) is 0.333. The van der Waals surface area contributed by atoms with Gasteiger partial charge in [-0.2, -0.15) is 0 Å². The zero-order valence-corrected chi connectivity index (χ0v) is 12.6. The Morgan fingerprint density at radius 1 is 1.41 bits per heavy atom. The van der Waals surface area contributed by atoms with Crippen LogP contribution in [0.5, 0.6) is 0 Å². The van der Waals surface area contributed by atoms with Gasteiger partial charge in [0.1, 0.15) is 5.78 Å². The lowest BCUT2D eigenvalue weighted by molar-refractivity contribution is -0.117. The molecule has 0 fully saturated rings. The molecule has 0 unspecified atom stereocenters. The molecule has 0 atom stereocenters. The quantitative estimate of drug-likeness (QED) is 0.805. The van der Waals surface area contributed by atoms with E-state index in [1.165, 1.54) is 4.88 Å². The minimum atomic E-state index is 0.254. The Morgan fingerprint density at radius 3 is 2.88 bits per heavy atom. The number of carbonyl (C=O) groups is 1. The van der Waals surface area contributed by atoms with Crippen molar-refractivity contribution < 1.29 is 4.79 Å². The van der Waals surface area contributed by atoms with Gasteiger partial charge in [0.05, 0.1) is 15.6 Å². The third-order valence-electron chi connectivity index (χ3n) is 2.29. The van der Waals surface area contributed by atoms with E-state index in [0.29, 0.717) is 6.42 Å². The molecule has 0 saturated heterocycles. The maximum atomic E-state index is 10.8. The van der Waals surface area contributed by atoms with E-state index in [9.17, 15) is 4.79 Å². The first-order valence-corrected chi connectivity index (χ1v) is 7.88. The zero-order valence-electron chi connectivity index (χ0n) is 9.40. The number of aromatic nitrogens is 1. The van der Waals surface area contributed by atoms with Crippen molar-refractivity contribution in [2.24, 2.45) is 0 Å². The van der Waals surface area contributed by atoms with E-state index in [1.54, 1.807) is 29.6 Å². The van der Waals surface area contributed by atoms with Crippen molar-refractivity contribution in [3.63, 3.8) is 0 Å². The van der Waals surface area contributed by atoms with Crippen molar-refractivity contribution in [2.45, 2.75) is 26.2 Å². The number of thiophene rings is 1. The second-order valence-electron chi connectivity index (χ2n) is 3.81. The summed E-state index contributed by atoms with van der Waals surface area (Å²) in [6.07, 6.45) is 2.45. The molecule has 0 spiro atoms. The monoisotopic (exact) mass is 329 g/mol. The summed E-state index contributed by atoms with van der Waals surface area (Å²) in [6, 6.07) is 2.08. The molecule has 0 aliphatic rings. The first kappa shape index (κ1) is 12.9. The lowest BCUT2D eigenvalue weighted by Gasteiger charge is -1.93. The van der Waals surface area contributed by atoms with Crippen LogP contribution in [0.1, 0.15) is 24.8 Å². The molecule has 2 aromatic heterocycles. The Labute approximate surface area is 117 Å². The molecule has 0 radical (unpaired) electrons. The average Bonchev–Trinajstić information content (AvgIpc) is 2.86. The minimum Gasteiger partial charge on any atom is -0.300 e. The Kier molecular flexibility index (Phi) is 4.48. The zero-order chi connectivity index (χ0) is 12.3. The second-order valence-corrected chi connectivity index (χ2v) is 6.58. The summed E-state index contributed by atoms with van der Waals surface area (Å²) in [5, 5.41) is 5.26. The molecular weight excluding hydrogens is 318 g/mol. The summed E-state index contributed by atoms with van der Waals surface area (Å²) >= 11 is 6.80. The molecule has 2 rings (SSSR count). The Hall–Kier alpha value is -0.520. The van der Waals surface area contributed by atoms with Crippen LogP contribution in [0.3, 0.4) is 0 Å². The number of hydrogen-bond donors (Lipinski definition) is 0. The van der Waals surface area contributed by atoms with Gasteiger partial charge in [-0.15, -0.1) is 22.7 Å². The highest BCUT2D eigenvalue weighted by molar-refractivity contribution is 9.10. The summed E-state index contributed by atoms with van der Waals surface area (Å²) in [5.74, 6) is 0.254. The molecule has 0 N–H and O–H groups in total. The summed E-state index contributed by atoms with van der Waals surface area (Å²) in [4.78, 5) is 16.6. The Morgan fingerprint density at radius 2 is 2.24 bits per heavy atom. The molecule has 0 bridgehead atoms. The standard InChI is InChI=1S/C12H12BrNOS2/c1-8(15)3-2-4-12-14-10(7-17-12)11-5-9(13)6-16-11/h5-7H,2-4H2,1H3. The molecular formula is C12H12BrNOS2. The smallest absolute Gasteiger partial charge is 0.129 e. The summed E-state index contributed by atoms with van der Waals surface area (Å²) in [6.45, 7) is 1.64. The average molecular weight is 330 g/mol. The predicted molar refractivity (Wildman–Crippen MR) is 76.7 cm³/mol. The number of rotatable bonds is 5. The SMILES string of the molecule is CC(=O)CCCc1nc(-c2cc(Br)cs2)cs1. The second kappa shape index (κ2) is 5.89. The highest BCUT2D eigenvalue weighted by Crippen LogP contribution is 2.30. The maximum Gasteiger partial charge on any atom is 0.129 e. The van der Waals surface area contributed by atoms with Crippen molar-refractivity contribution in [1.29, 1.82) is 0 Å². The van der Waals surface area contributed by atoms with Crippen molar-refractivity contribution in [2.75, 3.05) is 0 Å². The Balaban J connectivity index is 1.98. The third-order valence-corrected chi connectivity index (χ3v) is 4.91. The fourth-order valence-corrected chi connectivity index (χ4v) is 3.78. The van der Waals surface area contributed by atoms with Crippen molar-refractivity contribution in [1.82, 2.24) is 4.98 Å². The van der Waals surface area contributed by atoms with E-state index < -0.39 is 0 Å². The number of carbonyl (C=O) groups excluding carboxylic acids is 1. The van der Waals surface area contributed by atoms with Gasteiger partial charge in [0.15, 0.2) is 0 Å². The van der Waals surface area contributed by atoms with Gasteiger partial charge in [-0.05, 0) is 41.8 Å². The van der Waals surface area contributed by atoms with Gasteiger partial charge in [0.2, 0.25) is 0 Å². The van der Waals surface area contributed by atoms with Crippen LogP contribution in [0, 0.1) is 0 Å². The summed E-state index contributed by atoms with van der Waals surface area (Å²) < 4.78 is 1.10. The van der Waals surface area contributed by atoms with E-state index in [1.807, 2.05) is 0 Å². The number of Topliss-reactive ketones (excluding diaryl/α,β-unsaturated/α-hetero) is 1. The van der Waals surface area contributed by atoms with E-state index in [0.717, 1.165) is 28.0 Å². The van der Waals surface area contributed by atoms with Crippen LogP contribution in [0.15, 0.2) is 21.3 Å². The largest absolute Gasteiger partial charge is 0.300 e. The number of aryl methyl sites for hydroxylation is 1. The van der Waals surface area contributed by atoms with Crippen LogP contribution < -0.4 is 0 Å². The molecule has 90 valence electrons. The van der Waals surface area contributed by atoms with E-state index >= 15 is 0 Å². The molecule has 0 saturated carbocycles. The Bertz CT molecular complexity index is 518. The van der Waals surface area contributed by atoms with Crippen molar-refractivity contribution >= 4 is 44.4 Å². The van der Waals surface area contributed by atoms with Crippen LogP contribution in [0.4, 0.5) is 0 Å². The molecule has 2 aromatic rings. The normalized spacial score (nSPS) is 10.7. The van der Waals surface area contributed by atoms with E-state index in [-0.39, 0.29) is 5.78 Å². The molecule has 2 nitrogen and oxygen atoms in total. The topological polar surface area (TPSA) is 30.0 Å². The number of ketones is 1. The van der Waals surface area contributed by atoms with E-state index in [4.69, 9.17) is 0 Å². The van der Waals surface area contributed by atoms with Crippen molar-refractivity contribution in [3.05, 3.63) is 26.3 Å². The van der Waals surface area contributed by atoms with Gasteiger partial charge in [0, 0.05) is 21.7 Å². The van der Waals surface area contributed by atoms with Gasteiger partial charge in [-0.1, -0.05) is 0 Å². The highest BCUT2D eigenvalue weighted by atomic mass is 79.9. The number of thiazole rings is 1. The van der Waals surface area contributed by atoms with Crippen molar-refractivity contribution in [3.8, 4) is 10.6 Å². The van der Waals surface area contributed by atoms with Gasteiger partial charge >= 0.3 is 0 Å². The number of hydrogen-bond acceptors (Lipinski definition) is 4. The first-order chi connectivity index (χ1) is 8.15. The molecule has 2 heterocycles. The highest BCUT2D eigenvalue weighted by Gasteiger charge is 2.07. The molecule has 17 heavy (non-hydrogen) atoms. The van der Waals surface area contributed by atoms with Crippen LogP contribution in [-0.4, -0.2) is 10.8 Å². The van der Waals surface area contributed by atoms with Crippen LogP contribution in [-0.2, 0) is 11.2 Å². The number of nitrogens with zero attached hydrogens (tertiary/aromatic N) is 1. The molecule has 0 amide bonds. The van der Waals surface area contributed by atoms with Crippen LogP contribution >= 0.6 is 38.6 Å². The number of halogens is 1. The van der Waals surface area contributed by atoms with Crippen LogP contribution in [0.2, 0.25) is 0 Å². The van der Waals surface area contributed by atoms with Gasteiger partial charge in [-0.25, -0.2) is 4.98 Å². The molecule has 0 aliphatic carbocycles. The summed E-state index contributed by atoms with van der Waals surface area (Å²) in [7, 11) is 0. The maximum absolute atomic E-state index is 10.8. The lowest BCUT2D eigenvalue weighted by atomic mass is 10.2. The van der Waals surface area contributed by atoms with Gasteiger partial charge in [-0.3, -0.25) is 0 Å². The summed E-state index contributed by atoms with van der Waals surface area (Å²) in [5.41, 5.74) is 1.04. The third kappa shape index (κ3) is 3.72. The molecule has 0 aromatic carbocycles. The van der Waals surface area contributed by atoms with Gasteiger partial charge in [0.25, 0.3) is 0 Å². The van der Waals surface area contributed by atoms with Crippen LogP contribution in [0.25, 0.3) is 10.6 Å². The van der Waals surface area contributed by atoms with Gasteiger partial charge < -0.3 is 4.79 Å². The lowest BCUT2D eigenvalue weighted by Crippen LogP contribution is -1.92. The minimum absolute atomic E-state index is 0.254. The molecule has 0 aliphatic heterocycles. The molecule has 5 heteroatoms. The first-order valence-electron chi connectivity index (χ1n) is 5.33.